The number of benzene rings is 1. The summed E-state index contributed by atoms with van der Waals surface area (Å²) in [7, 11) is 0. The van der Waals surface area contributed by atoms with Crippen LogP contribution in [0.2, 0.25) is 0 Å². The highest BCUT2D eigenvalue weighted by atomic mass is 16.5. The van der Waals surface area contributed by atoms with Gasteiger partial charge in [0.25, 0.3) is 5.91 Å². The number of anilines is 1. The minimum Gasteiger partial charge on any atom is -0.491 e. The molecule has 0 aliphatic carbocycles. The van der Waals surface area contributed by atoms with E-state index >= 15 is 0 Å². The standard InChI is InChI=1S/C22H23N3O4/c1-15(2)28-16-6-7-17-18(14-21(26)29-19(17)13-16)22(27)25-11-9-24(10-12-25)20-5-3-4-8-23-20/h3-8,13-15H,9-12H2,1-2H3. The highest BCUT2D eigenvalue weighted by Gasteiger charge is 2.25. The van der Waals surface area contributed by atoms with Gasteiger partial charge in [0.1, 0.15) is 17.2 Å². The molecule has 0 N–H and O–H groups in total. The van der Waals surface area contributed by atoms with Crippen molar-refractivity contribution in [2.45, 2.75) is 20.0 Å². The molecule has 1 aliphatic heterocycles. The van der Waals surface area contributed by atoms with Crippen LogP contribution in [-0.4, -0.2) is 48.1 Å². The second-order valence-electron chi connectivity index (χ2n) is 7.27. The summed E-state index contributed by atoms with van der Waals surface area (Å²) in [6.45, 7) is 6.34. The molecule has 3 heterocycles. The van der Waals surface area contributed by atoms with Crippen LogP contribution in [0.15, 0.2) is 57.9 Å². The number of carbonyl (C=O) groups excluding carboxylic acids is 1. The van der Waals surface area contributed by atoms with Crippen LogP contribution in [0.3, 0.4) is 0 Å². The van der Waals surface area contributed by atoms with Gasteiger partial charge >= 0.3 is 5.63 Å². The van der Waals surface area contributed by atoms with E-state index < -0.39 is 5.63 Å². The lowest BCUT2D eigenvalue weighted by Gasteiger charge is -2.35. The van der Waals surface area contributed by atoms with Crippen LogP contribution in [0, 0.1) is 0 Å². The fourth-order valence-corrected chi connectivity index (χ4v) is 3.52. The van der Waals surface area contributed by atoms with Crippen molar-refractivity contribution in [2.75, 3.05) is 31.1 Å². The summed E-state index contributed by atoms with van der Waals surface area (Å²) >= 11 is 0. The topological polar surface area (TPSA) is 75.9 Å². The zero-order valence-electron chi connectivity index (χ0n) is 16.5. The number of pyridine rings is 1. The first-order valence-electron chi connectivity index (χ1n) is 9.71. The number of carbonyl (C=O) groups is 1. The monoisotopic (exact) mass is 393 g/mol. The number of hydrogen-bond donors (Lipinski definition) is 0. The van der Waals surface area contributed by atoms with Gasteiger partial charge in [-0.05, 0) is 38.1 Å². The number of aromatic nitrogens is 1. The van der Waals surface area contributed by atoms with Gasteiger partial charge in [0, 0.05) is 49.9 Å². The fraction of sp³-hybridized carbons (Fsp3) is 0.318. The summed E-state index contributed by atoms with van der Waals surface area (Å²) in [4.78, 5) is 33.5. The molecule has 29 heavy (non-hydrogen) atoms. The molecule has 0 atom stereocenters. The minimum atomic E-state index is -0.547. The third-order valence-electron chi connectivity index (χ3n) is 4.86. The molecule has 0 unspecified atom stereocenters. The third kappa shape index (κ3) is 4.08. The highest BCUT2D eigenvalue weighted by molar-refractivity contribution is 6.05. The number of hydrogen-bond acceptors (Lipinski definition) is 6. The smallest absolute Gasteiger partial charge is 0.337 e. The molecule has 1 aromatic carbocycles. The van der Waals surface area contributed by atoms with Crippen LogP contribution >= 0.6 is 0 Å². The van der Waals surface area contributed by atoms with Gasteiger partial charge in [-0.2, -0.15) is 0 Å². The number of fused-ring (bicyclic) bond motifs is 1. The predicted molar refractivity (Wildman–Crippen MR) is 111 cm³/mol. The lowest BCUT2D eigenvalue weighted by Crippen LogP contribution is -2.49. The Morgan fingerprint density at radius 1 is 1.10 bits per heavy atom. The van der Waals surface area contributed by atoms with Gasteiger partial charge in [-0.1, -0.05) is 6.07 Å². The first-order valence-corrected chi connectivity index (χ1v) is 9.71. The molecule has 7 heteroatoms. The zero-order chi connectivity index (χ0) is 20.4. The maximum atomic E-state index is 13.2. The third-order valence-corrected chi connectivity index (χ3v) is 4.86. The average Bonchev–Trinajstić information content (AvgIpc) is 2.72. The van der Waals surface area contributed by atoms with Gasteiger partial charge in [-0.25, -0.2) is 9.78 Å². The lowest BCUT2D eigenvalue weighted by atomic mass is 10.1. The molecule has 0 spiro atoms. The minimum absolute atomic E-state index is 0.000568. The molecule has 0 bridgehead atoms. The van der Waals surface area contributed by atoms with E-state index in [0.717, 1.165) is 5.82 Å². The second kappa shape index (κ2) is 7.95. The van der Waals surface area contributed by atoms with Gasteiger partial charge in [0.15, 0.2) is 0 Å². The number of piperazine rings is 1. The molecule has 1 fully saturated rings. The molecule has 2 aromatic heterocycles. The van der Waals surface area contributed by atoms with Crippen molar-refractivity contribution in [3.63, 3.8) is 0 Å². The lowest BCUT2D eigenvalue weighted by molar-refractivity contribution is 0.0747. The Hall–Kier alpha value is -3.35. The van der Waals surface area contributed by atoms with E-state index in [2.05, 4.69) is 9.88 Å². The maximum absolute atomic E-state index is 13.2. The highest BCUT2D eigenvalue weighted by Crippen LogP contribution is 2.25. The van der Waals surface area contributed by atoms with Crippen LogP contribution in [0.25, 0.3) is 11.0 Å². The molecule has 3 aromatic rings. The quantitative estimate of drug-likeness (QED) is 0.635. The first kappa shape index (κ1) is 19.0. The van der Waals surface area contributed by atoms with Crippen LogP contribution in [0.1, 0.15) is 24.2 Å². The molecular weight excluding hydrogens is 370 g/mol. The van der Waals surface area contributed by atoms with Gasteiger partial charge < -0.3 is 19.0 Å². The van der Waals surface area contributed by atoms with Crippen molar-refractivity contribution in [3.8, 4) is 5.75 Å². The molecule has 0 radical (unpaired) electrons. The van der Waals surface area contributed by atoms with Gasteiger partial charge in [-0.15, -0.1) is 0 Å². The van der Waals surface area contributed by atoms with E-state index in [9.17, 15) is 9.59 Å². The van der Waals surface area contributed by atoms with E-state index in [1.165, 1.54) is 6.07 Å². The number of nitrogens with zero attached hydrogens (tertiary/aromatic N) is 3. The SMILES string of the molecule is CC(C)Oc1ccc2c(C(=O)N3CCN(c4ccccn4)CC3)cc(=O)oc2c1. The van der Waals surface area contributed by atoms with E-state index in [-0.39, 0.29) is 12.0 Å². The number of ether oxygens (including phenoxy) is 1. The Morgan fingerprint density at radius 2 is 1.90 bits per heavy atom. The summed E-state index contributed by atoms with van der Waals surface area (Å²) in [6, 6.07) is 12.3. The fourth-order valence-electron chi connectivity index (χ4n) is 3.52. The Bertz CT molecular complexity index is 1070. The summed E-state index contributed by atoms with van der Waals surface area (Å²) in [5, 5.41) is 0.609. The van der Waals surface area contributed by atoms with Crippen molar-refractivity contribution in [1.82, 2.24) is 9.88 Å². The van der Waals surface area contributed by atoms with E-state index in [0.29, 0.717) is 48.5 Å². The molecule has 4 rings (SSSR count). The molecule has 1 amide bonds. The van der Waals surface area contributed by atoms with Crippen molar-refractivity contribution in [3.05, 3.63) is 64.6 Å². The van der Waals surface area contributed by atoms with Crippen LogP contribution in [0.4, 0.5) is 5.82 Å². The van der Waals surface area contributed by atoms with Crippen LogP contribution in [-0.2, 0) is 0 Å². The molecule has 1 saturated heterocycles. The molecule has 1 aliphatic rings. The molecule has 0 saturated carbocycles. The summed E-state index contributed by atoms with van der Waals surface area (Å²) in [5.74, 6) is 1.34. The van der Waals surface area contributed by atoms with Crippen molar-refractivity contribution < 1.29 is 13.9 Å². The Balaban J connectivity index is 1.56. The van der Waals surface area contributed by atoms with Crippen molar-refractivity contribution in [2.24, 2.45) is 0 Å². The Kier molecular flexibility index (Phi) is 5.20. The number of rotatable bonds is 4. The summed E-state index contributed by atoms with van der Waals surface area (Å²) in [6.07, 6.45) is 1.76. The molecule has 7 nitrogen and oxygen atoms in total. The van der Waals surface area contributed by atoms with Crippen molar-refractivity contribution in [1.29, 1.82) is 0 Å². The van der Waals surface area contributed by atoms with Crippen LogP contribution in [0.5, 0.6) is 5.75 Å². The largest absolute Gasteiger partial charge is 0.491 e. The maximum Gasteiger partial charge on any atom is 0.337 e. The summed E-state index contributed by atoms with van der Waals surface area (Å²) in [5.41, 5.74) is 0.166. The van der Waals surface area contributed by atoms with E-state index in [1.807, 2.05) is 32.0 Å². The first-order chi connectivity index (χ1) is 14.0. The van der Waals surface area contributed by atoms with Gasteiger partial charge in [-0.3, -0.25) is 4.79 Å². The normalized spacial score (nSPS) is 14.4. The summed E-state index contributed by atoms with van der Waals surface area (Å²) < 4.78 is 11.0. The number of amides is 1. The molecule has 150 valence electrons. The van der Waals surface area contributed by atoms with Crippen molar-refractivity contribution >= 4 is 22.7 Å². The molecular formula is C22H23N3O4. The van der Waals surface area contributed by atoms with Gasteiger partial charge in [0.2, 0.25) is 0 Å². The average molecular weight is 393 g/mol. The van der Waals surface area contributed by atoms with Gasteiger partial charge in [0.05, 0.1) is 11.7 Å². The zero-order valence-corrected chi connectivity index (χ0v) is 16.5. The Labute approximate surface area is 168 Å². The Morgan fingerprint density at radius 3 is 2.59 bits per heavy atom. The van der Waals surface area contributed by atoms with E-state index in [4.69, 9.17) is 9.15 Å². The van der Waals surface area contributed by atoms with Crippen LogP contribution < -0.4 is 15.3 Å². The predicted octanol–water partition coefficient (Wildman–Crippen LogP) is 2.94. The second-order valence-corrected chi connectivity index (χ2v) is 7.27. The van der Waals surface area contributed by atoms with E-state index in [1.54, 1.807) is 29.3 Å².